The zero-order valence-electron chi connectivity index (χ0n) is 10.1. The van der Waals surface area contributed by atoms with Gasteiger partial charge in [0.15, 0.2) is 5.78 Å². The van der Waals surface area contributed by atoms with Gasteiger partial charge in [0.2, 0.25) is 0 Å². The molecule has 0 aliphatic carbocycles. The number of rotatable bonds is 5. The molecule has 3 nitrogen and oxygen atoms in total. The van der Waals surface area contributed by atoms with Gasteiger partial charge >= 0.3 is 5.97 Å². The van der Waals surface area contributed by atoms with E-state index in [1.165, 1.54) is 13.2 Å². The average Bonchev–Trinajstić information content (AvgIpc) is 2.37. The molecule has 1 aromatic rings. The Labute approximate surface area is 115 Å². The van der Waals surface area contributed by atoms with Gasteiger partial charge in [-0.15, -0.1) is 11.8 Å². The van der Waals surface area contributed by atoms with Crippen LogP contribution < -0.4 is 0 Å². The third-order valence-corrected chi connectivity index (χ3v) is 3.27. The molecular formula is C13H13ClO3S. The summed E-state index contributed by atoms with van der Waals surface area (Å²) in [5, 5.41) is 0.491. The van der Waals surface area contributed by atoms with Crippen LogP contribution in [0.15, 0.2) is 35.2 Å². The molecule has 1 aromatic carbocycles. The fourth-order valence-corrected chi connectivity index (χ4v) is 2.24. The molecule has 0 aliphatic rings. The number of esters is 1. The molecule has 0 saturated heterocycles. The highest BCUT2D eigenvalue weighted by molar-refractivity contribution is 7.99. The molecule has 0 fully saturated rings. The monoisotopic (exact) mass is 284 g/mol. The predicted octanol–water partition coefficient (Wildman–Crippen LogP) is 3.36. The molecule has 1 rings (SSSR count). The van der Waals surface area contributed by atoms with Crippen molar-refractivity contribution in [3.05, 3.63) is 40.9 Å². The van der Waals surface area contributed by atoms with Crippen LogP contribution >= 0.6 is 23.4 Å². The molecule has 0 heterocycles. The summed E-state index contributed by atoms with van der Waals surface area (Å²) in [6, 6.07) is 5.14. The summed E-state index contributed by atoms with van der Waals surface area (Å²) < 4.78 is 4.43. The standard InChI is InChI=1S/C13H13ClO3S/c1-3-18-12-6-4-9(14)8-10(12)11(15)5-7-13(16)17-2/h4-8H,3H2,1-2H3/b7-5+. The number of benzene rings is 1. The number of thioether (sulfide) groups is 1. The Morgan fingerprint density at radius 2 is 2.11 bits per heavy atom. The average molecular weight is 285 g/mol. The van der Waals surface area contributed by atoms with Crippen LogP contribution in [0.2, 0.25) is 5.02 Å². The molecular weight excluding hydrogens is 272 g/mol. The van der Waals surface area contributed by atoms with Crippen molar-refractivity contribution in [1.82, 2.24) is 0 Å². The normalized spacial score (nSPS) is 10.6. The van der Waals surface area contributed by atoms with E-state index in [0.717, 1.165) is 16.7 Å². The maximum atomic E-state index is 11.9. The summed E-state index contributed by atoms with van der Waals surface area (Å²) in [5.41, 5.74) is 0.495. The minimum atomic E-state index is -0.560. The lowest BCUT2D eigenvalue weighted by atomic mass is 10.1. The first-order chi connectivity index (χ1) is 8.58. The highest BCUT2D eigenvalue weighted by atomic mass is 35.5. The number of hydrogen-bond acceptors (Lipinski definition) is 4. The van der Waals surface area contributed by atoms with E-state index < -0.39 is 5.97 Å². The highest BCUT2D eigenvalue weighted by Crippen LogP contribution is 2.26. The minimum absolute atomic E-state index is 0.265. The van der Waals surface area contributed by atoms with Gasteiger partial charge in [0, 0.05) is 21.6 Å². The number of carbonyl (C=O) groups excluding carboxylic acids is 2. The van der Waals surface area contributed by atoms with Gasteiger partial charge < -0.3 is 4.74 Å². The molecule has 0 saturated carbocycles. The van der Waals surface area contributed by atoms with Crippen molar-refractivity contribution >= 4 is 35.1 Å². The van der Waals surface area contributed by atoms with Gasteiger partial charge in [-0.05, 0) is 30.0 Å². The summed E-state index contributed by atoms with van der Waals surface area (Å²) >= 11 is 7.42. The van der Waals surface area contributed by atoms with Crippen LogP contribution in [0.25, 0.3) is 0 Å². The number of carbonyl (C=O) groups is 2. The minimum Gasteiger partial charge on any atom is -0.466 e. The smallest absolute Gasteiger partial charge is 0.330 e. The van der Waals surface area contributed by atoms with Crippen molar-refractivity contribution in [2.45, 2.75) is 11.8 Å². The predicted molar refractivity (Wildman–Crippen MR) is 73.3 cm³/mol. The number of allylic oxidation sites excluding steroid dienone is 1. The van der Waals surface area contributed by atoms with Crippen molar-refractivity contribution < 1.29 is 14.3 Å². The molecule has 0 radical (unpaired) electrons. The molecule has 0 amide bonds. The molecule has 96 valence electrons. The second kappa shape index (κ2) is 7.24. The van der Waals surface area contributed by atoms with Crippen molar-refractivity contribution in [3.63, 3.8) is 0 Å². The Morgan fingerprint density at radius 3 is 2.72 bits per heavy atom. The fraction of sp³-hybridized carbons (Fsp3) is 0.231. The van der Waals surface area contributed by atoms with E-state index in [-0.39, 0.29) is 5.78 Å². The number of halogens is 1. The Balaban J connectivity index is 2.99. The van der Waals surface area contributed by atoms with Crippen molar-refractivity contribution in [3.8, 4) is 0 Å². The van der Waals surface area contributed by atoms with E-state index in [2.05, 4.69) is 4.74 Å². The lowest BCUT2D eigenvalue weighted by Crippen LogP contribution is -2.00. The van der Waals surface area contributed by atoms with Gasteiger partial charge in [-0.2, -0.15) is 0 Å². The Kier molecular flexibility index (Phi) is 5.95. The van der Waals surface area contributed by atoms with Crippen LogP contribution in [0.5, 0.6) is 0 Å². The highest BCUT2D eigenvalue weighted by Gasteiger charge is 2.10. The maximum Gasteiger partial charge on any atom is 0.330 e. The second-order valence-electron chi connectivity index (χ2n) is 3.29. The van der Waals surface area contributed by atoms with Crippen LogP contribution in [0, 0.1) is 0 Å². The largest absolute Gasteiger partial charge is 0.466 e. The third kappa shape index (κ3) is 4.20. The first-order valence-corrected chi connectivity index (χ1v) is 6.67. The zero-order chi connectivity index (χ0) is 13.5. The van der Waals surface area contributed by atoms with Crippen LogP contribution in [0.1, 0.15) is 17.3 Å². The zero-order valence-corrected chi connectivity index (χ0v) is 11.7. The lowest BCUT2D eigenvalue weighted by molar-refractivity contribution is -0.134. The Bertz CT molecular complexity index is 483. The molecule has 0 spiro atoms. The molecule has 0 bridgehead atoms. The van der Waals surface area contributed by atoms with E-state index in [0.29, 0.717) is 10.6 Å². The molecule has 0 N–H and O–H groups in total. The Hall–Kier alpha value is -1.26. The maximum absolute atomic E-state index is 11.9. The van der Waals surface area contributed by atoms with Gasteiger partial charge in [0.05, 0.1) is 7.11 Å². The summed E-state index contributed by atoms with van der Waals surface area (Å²) in [6.45, 7) is 2.00. The lowest BCUT2D eigenvalue weighted by Gasteiger charge is -2.05. The molecule has 0 aromatic heterocycles. The third-order valence-electron chi connectivity index (χ3n) is 2.08. The van der Waals surface area contributed by atoms with E-state index in [9.17, 15) is 9.59 Å². The summed E-state index contributed by atoms with van der Waals surface area (Å²) in [4.78, 5) is 23.7. The van der Waals surface area contributed by atoms with Gasteiger partial charge in [-0.1, -0.05) is 18.5 Å². The number of methoxy groups -OCH3 is 1. The van der Waals surface area contributed by atoms with Crippen molar-refractivity contribution in [2.24, 2.45) is 0 Å². The SMILES string of the molecule is CCSc1ccc(Cl)cc1C(=O)/C=C/C(=O)OC. The second-order valence-corrected chi connectivity index (χ2v) is 5.04. The molecule has 0 aliphatic heterocycles. The first kappa shape index (κ1) is 14.8. The van der Waals surface area contributed by atoms with Gasteiger partial charge in [-0.3, -0.25) is 4.79 Å². The summed E-state index contributed by atoms with van der Waals surface area (Å²) in [5.74, 6) is 0.0248. The fourth-order valence-electron chi connectivity index (χ4n) is 1.28. The van der Waals surface area contributed by atoms with Gasteiger partial charge in [0.1, 0.15) is 0 Å². The van der Waals surface area contributed by atoms with E-state index in [1.807, 2.05) is 6.92 Å². The quantitative estimate of drug-likeness (QED) is 0.360. The number of ether oxygens (including phenoxy) is 1. The van der Waals surface area contributed by atoms with E-state index >= 15 is 0 Å². The van der Waals surface area contributed by atoms with Crippen molar-refractivity contribution in [2.75, 3.05) is 12.9 Å². The van der Waals surface area contributed by atoms with Gasteiger partial charge in [-0.25, -0.2) is 4.79 Å². The molecule has 5 heteroatoms. The van der Waals surface area contributed by atoms with Crippen molar-refractivity contribution in [1.29, 1.82) is 0 Å². The topological polar surface area (TPSA) is 43.4 Å². The summed E-state index contributed by atoms with van der Waals surface area (Å²) in [7, 11) is 1.26. The Morgan fingerprint density at radius 1 is 1.39 bits per heavy atom. The van der Waals surface area contributed by atoms with Gasteiger partial charge in [0.25, 0.3) is 0 Å². The molecule has 0 unspecified atom stereocenters. The van der Waals surface area contributed by atoms with Crippen LogP contribution in [0.3, 0.4) is 0 Å². The van der Waals surface area contributed by atoms with E-state index in [1.54, 1.807) is 30.0 Å². The summed E-state index contributed by atoms with van der Waals surface area (Å²) in [6.07, 6.45) is 2.29. The first-order valence-electron chi connectivity index (χ1n) is 5.31. The molecule has 18 heavy (non-hydrogen) atoms. The number of ketones is 1. The molecule has 0 atom stereocenters. The van der Waals surface area contributed by atoms with Crippen LogP contribution in [-0.4, -0.2) is 24.6 Å². The van der Waals surface area contributed by atoms with Crippen LogP contribution in [0.4, 0.5) is 0 Å². The van der Waals surface area contributed by atoms with Crippen LogP contribution in [-0.2, 0) is 9.53 Å². The van der Waals surface area contributed by atoms with E-state index in [4.69, 9.17) is 11.6 Å². The number of hydrogen-bond donors (Lipinski definition) is 0.